The van der Waals surface area contributed by atoms with E-state index in [0.717, 1.165) is 0 Å². The lowest BCUT2D eigenvalue weighted by Gasteiger charge is -2.24. The molecule has 0 aliphatic carbocycles. The summed E-state index contributed by atoms with van der Waals surface area (Å²) in [4.78, 5) is 71.1. The number of carbonyl (C=O) groups is 6. The standard InChI is InChI=1S/C20H34N4O9S/c1-10(2)8-11(21)17(29)24-14(9-16(27)28)19(31)22-12(6-7-34-3)18(30)23-13(20(32)33)4-5-15(25)26/h10-14H,4-9,21H2,1-3H3,(H,22,31)(H,23,30)(H,24,29)(H,25,26)(H,27,28)(H,32,33). The SMILES string of the molecule is CSCCC(NC(=O)C(CC(=O)O)NC(=O)C(N)CC(C)C)C(=O)NC(CCC(=O)O)C(=O)O. The van der Waals surface area contributed by atoms with Gasteiger partial charge in [-0.3, -0.25) is 24.0 Å². The number of nitrogens with one attached hydrogen (secondary N) is 3. The Labute approximate surface area is 201 Å². The maximum atomic E-state index is 12.8. The van der Waals surface area contributed by atoms with Crippen molar-refractivity contribution in [3.63, 3.8) is 0 Å². The van der Waals surface area contributed by atoms with Crippen LogP contribution in [0.2, 0.25) is 0 Å². The van der Waals surface area contributed by atoms with Crippen LogP contribution in [0.25, 0.3) is 0 Å². The molecule has 0 aromatic rings. The number of carboxylic acids is 3. The summed E-state index contributed by atoms with van der Waals surface area (Å²) in [5.41, 5.74) is 5.79. The van der Waals surface area contributed by atoms with E-state index in [4.69, 9.17) is 15.9 Å². The largest absolute Gasteiger partial charge is 0.481 e. The number of thioether (sulfide) groups is 1. The maximum absolute atomic E-state index is 12.8. The van der Waals surface area contributed by atoms with Gasteiger partial charge in [0.05, 0.1) is 12.5 Å². The smallest absolute Gasteiger partial charge is 0.326 e. The zero-order valence-electron chi connectivity index (χ0n) is 19.4. The summed E-state index contributed by atoms with van der Waals surface area (Å²) in [5, 5.41) is 34.0. The van der Waals surface area contributed by atoms with Gasteiger partial charge in [0, 0.05) is 6.42 Å². The number of nitrogens with two attached hydrogens (primary N) is 1. The van der Waals surface area contributed by atoms with Crippen LogP contribution in [0.3, 0.4) is 0 Å². The van der Waals surface area contributed by atoms with Crippen LogP contribution in [-0.2, 0) is 28.8 Å². The molecule has 0 aliphatic rings. The summed E-state index contributed by atoms with van der Waals surface area (Å²) in [6.07, 6.45) is 0.490. The molecule has 0 spiro atoms. The van der Waals surface area contributed by atoms with Crippen molar-refractivity contribution in [3.8, 4) is 0 Å². The highest BCUT2D eigenvalue weighted by molar-refractivity contribution is 7.98. The molecular formula is C20H34N4O9S. The predicted molar refractivity (Wildman–Crippen MR) is 123 cm³/mol. The van der Waals surface area contributed by atoms with Crippen LogP contribution in [0.1, 0.15) is 46.0 Å². The van der Waals surface area contributed by atoms with Crippen molar-refractivity contribution < 1.29 is 44.1 Å². The van der Waals surface area contributed by atoms with Crippen LogP contribution < -0.4 is 21.7 Å². The van der Waals surface area contributed by atoms with Gasteiger partial charge >= 0.3 is 17.9 Å². The molecule has 194 valence electrons. The van der Waals surface area contributed by atoms with Gasteiger partial charge in [-0.25, -0.2) is 4.79 Å². The van der Waals surface area contributed by atoms with E-state index in [1.165, 1.54) is 11.8 Å². The van der Waals surface area contributed by atoms with E-state index in [9.17, 15) is 33.9 Å². The minimum absolute atomic E-state index is 0.0740. The van der Waals surface area contributed by atoms with E-state index in [2.05, 4.69) is 16.0 Å². The third-order valence-corrected chi connectivity index (χ3v) is 5.22. The number of hydrogen-bond acceptors (Lipinski definition) is 8. The average molecular weight is 507 g/mol. The quantitative estimate of drug-likeness (QED) is 0.126. The van der Waals surface area contributed by atoms with E-state index in [1.807, 2.05) is 13.8 Å². The van der Waals surface area contributed by atoms with E-state index in [1.54, 1.807) is 6.26 Å². The number of carbonyl (C=O) groups excluding carboxylic acids is 3. The first-order valence-electron chi connectivity index (χ1n) is 10.6. The molecule has 0 aromatic carbocycles. The summed E-state index contributed by atoms with van der Waals surface area (Å²) in [7, 11) is 0. The Kier molecular flexibility index (Phi) is 14.5. The first-order chi connectivity index (χ1) is 15.8. The second-order valence-electron chi connectivity index (χ2n) is 8.07. The lowest BCUT2D eigenvalue weighted by molar-refractivity contribution is -0.144. The molecule has 0 heterocycles. The van der Waals surface area contributed by atoms with Crippen molar-refractivity contribution >= 4 is 47.4 Å². The lowest BCUT2D eigenvalue weighted by atomic mass is 10.0. The molecule has 0 saturated carbocycles. The Morgan fingerprint density at radius 3 is 1.79 bits per heavy atom. The highest BCUT2D eigenvalue weighted by Gasteiger charge is 2.31. The van der Waals surface area contributed by atoms with Crippen LogP contribution in [0.4, 0.5) is 0 Å². The first-order valence-corrected chi connectivity index (χ1v) is 12.0. The Morgan fingerprint density at radius 1 is 0.794 bits per heavy atom. The van der Waals surface area contributed by atoms with Gasteiger partial charge in [0.1, 0.15) is 18.1 Å². The van der Waals surface area contributed by atoms with Crippen LogP contribution in [0, 0.1) is 5.92 Å². The molecule has 8 N–H and O–H groups in total. The molecule has 0 fully saturated rings. The summed E-state index contributed by atoms with van der Waals surface area (Å²) in [5.74, 6) is -6.14. The molecule has 0 bridgehead atoms. The Hall–Kier alpha value is -2.87. The van der Waals surface area contributed by atoms with E-state index >= 15 is 0 Å². The van der Waals surface area contributed by atoms with Gasteiger partial charge in [0.15, 0.2) is 0 Å². The normalized spacial score (nSPS) is 14.4. The van der Waals surface area contributed by atoms with Gasteiger partial charge < -0.3 is 37.0 Å². The van der Waals surface area contributed by atoms with Crippen molar-refractivity contribution in [1.82, 2.24) is 16.0 Å². The Bertz CT molecular complexity index is 748. The molecule has 0 saturated heterocycles. The first kappa shape index (κ1) is 31.1. The number of rotatable bonds is 17. The lowest BCUT2D eigenvalue weighted by Crippen LogP contribution is -2.57. The molecule has 4 unspecified atom stereocenters. The second-order valence-corrected chi connectivity index (χ2v) is 9.06. The van der Waals surface area contributed by atoms with Gasteiger partial charge in [-0.2, -0.15) is 11.8 Å². The summed E-state index contributed by atoms with van der Waals surface area (Å²) < 4.78 is 0. The van der Waals surface area contributed by atoms with Crippen LogP contribution in [0.5, 0.6) is 0 Å². The molecule has 0 aliphatic heterocycles. The fraction of sp³-hybridized carbons (Fsp3) is 0.700. The zero-order chi connectivity index (χ0) is 26.4. The van der Waals surface area contributed by atoms with Gasteiger partial charge in [-0.15, -0.1) is 0 Å². The molecule has 14 heteroatoms. The monoisotopic (exact) mass is 506 g/mol. The van der Waals surface area contributed by atoms with Crippen LogP contribution in [-0.4, -0.2) is 87.1 Å². The third-order valence-electron chi connectivity index (χ3n) is 4.58. The second kappa shape index (κ2) is 15.9. The Balaban J connectivity index is 5.48. The van der Waals surface area contributed by atoms with Crippen molar-refractivity contribution in [2.45, 2.75) is 70.1 Å². The topological polar surface area (TPSA) is 225 Å². The average Bonchev–Trinajstić information content (AvgIpc) is 2.71. The molecular weight excluding hydrogens is 472 g/mol. The Morgan fingerprint density at radius 2 is 1.32 bits per heavy atom. The predicted octanol–water partition coefficient (Wildman–Crippen LogP) is -1.01. The highest BCUT2D eigenvalue weighted by Crippen LogP contribution is 2.07. The van der Waals surface area contributed by atoms with Gasteiger partial charge in [0.25, 0.3) is 0 Å². The highest BCUT2D eigenvalue weighted by atomic mass is 32.2. The molecule has 4 atom stereocenters. The van der Waals surface area contributed by atoms with E-state index in [-0.39, 0.29) is 18.8 Å². The molecule has 13 nitrogen and oxygen atoms in total. The minimum Gasteiger partial charge on any atom is -0.481 e. The summed E-state index contributed by atoms with van der Waals surface area (Å²) in [6, 6.07) is -5.23. The van der Waals surface area contributed by atoms with Crippen molar-refractivity contribution in [3.05, 3.63) is 0 Å². The van der Waals surface area contributed by atoms with Gasteiger partial charge in [0.2, 0.25) is 17.7 Å². The van der Waals surface area contributed by atoms with Crippen molar-refractivity contribution in [2.75, 3.05) is 12.0 Å². The minimum atomic E-state index is -1.52. The fourth-order valence-electron chi connectivity index (χ4n) is 2.85. The van der Waals surface area contributed by atoms with E-state index < -0.39 is 72.6 Å². The fourth-order valence-corrected chi connectivity index (χ4v) is 3.32. The number of hydrogen-bond donors (Lipinski definition) is 7. The number of aliphatic carboxylic acids is 3. The van der Waals surface area contributed by atoms with Crippen molar-refractivity contribution in [2.24, 2.45) is 11.7 Å². The number of carboxylic acid groups (broad SMARTS) is 3. The van der Waals surface area contributed by atoms with Gasteiger partial charge in [-0.05, 0) is 37.2 Å². The zero-order valence-corrected chi connectivity index (χ0v) is 20.2. The van der Waals surface area contributed by atoms with E-state index in [0.29, 0.717) is 12.2 Å². The number of amides is 3. The third kappa shape index (κ3) is 13.0. The van der Waals surface area contributed by atoms with Gasteiger partial charge in [-0.1, -0.05) is 13.8 Å². The summed E-state index contributed by atoms with van der Waals surface area (Å²) in [6.45, 7) is 3.68. The van der Waals surface area contributed by atoms with Crippen molar-refractivity contribution in [1.29, 1.82) is 0 Å². The molecule has 0 radical (unpaired) electrons. The molecule has 34 heavy (non-hydrogen) atoms. The molecule has 0 aromatic heterocycles. The molecule has 3 amide bonds. The van der Waals surface area contributed by atoms with Crippen LogP contribution >= 0.6 is 11.8 Å². The maximum Gasteiger partial charge on any atom is 0.326 e. The van der Waals surface area contributed by atoms with Crippen LogP contribution in [0.15, 0.2) is 0 Å². The summed E-state index contributed by atoms with van der Waals surface area (Å²) >= 11 is 1.35. The molecule has 0 rings (SSSR count).